The Bertz CT molecular complexity index is 163. The summed E-state index contributed by atoms with van der Waals surface area (Å²) in [5.41, 5.74) is 0. The highest BCUT2D eigenvalue weighted by molar-refractivity contribution is 4.81. The lowest BCUT2D eigenvalue weighted by Gasteiger charge is -2.25. The summed E-state index contributed by atoms with van der Waals surface area (Å²) in [5.74, 6) is 0.194. The van der Waals surface area contributed by atoms with Crippen molar-refractivity contribution in [2.45, 2.75) is 39.0 Å². The molecule has 1 rings (SSSR count). The molecule has 0 aromatic heterocycles. The van der Waals surface area contributed by atoms with Gasteiger partial charge in [-0.1, -0.05) is 19.3 Å². The molecule has 1 saturated heterocycles. The second-order valence-corrected chi connectivity index (χ2v) is 4.10. The molecule has 1 atom stereocenters. The molecule has 0 radical (unpaired) electrons. The fourth-order valence-electron chi connectivity index (χ4n) is 1.92. The second kappa shape index (κ2) is 5.99. The standard InChI is InChI=1S/C11H20N2/c1-11(9-12)10-13-7-5-3-2-4-6-8-13/h11H,2-8,10H2,1H3. The van der Waals surface area contributed by atoms with E-state index < -0.39 is 0 Å². The van der Waals surface area contributed by atoms with Crippen LogP contribution < -0.4 is 0 Å². The first-order chi connectivity index (χ1) is 6.33. The lowest BCUT2D eigenvalue weighted by Crippen LogP contribution is -2.31. The van der Waals surface area contributed by atoms with Gasteiger partial charge >= 0.3 is 0 Å². The van der Waals surface area contributed by atoms with Gasteiger partial charge in [-0.05, 0) is 32.9 Å². The van der Waals surface area contributed by atoms with Crippen LogP contribution >= 0.6 is 0 Å². The number of hydrogen-bond acceptors (Lipinski definition) is 2. The number of nitriles is 1. The zero-order valence-corrected chi connectivity index (χ0v) is 8.63. The third-order valence-electron chi connectivity index (χ3n) is 2.70. The molecule has 1 aliphatic heterocycles. The average molecular weight is 180 g/mol. The van der Waals surface area contributed by atoms with Crippen LogP contribution in [-0.2, 0) is 0 Å². The zero-order valence-electron chi connectivity index (χ0n) is 8.63. The molecule has 0 saturated carbocycles. The molecule has 1 heterocycles. The van der Waals surface area contributed by atoms with Gasteiger partial charge in [-0.2, -0.15) is 5.26 Å². The lowest BCUT2D eigenvalue weighted by molar-refractivity contribution is 0.232. The molecule has 0 amide bonds. The molecule has 0 N–H and O–H groups in total. The largest absolute Gasteiger partial charge is 0.302 e. The van der Waals surface area contributed by atoms with Crippen molar-refractivity contribution in [3.63, 3.8) is 0 Å². The molecule has 1 fully saturated rings. The average Bonchev–Trinajstić information content (AvgIpc) is 2.09. The predicted octanol–water partition coefficient (Wildman–Crippen LogP) is 2.41. The van der Waals surface area contributed by atoms with Crippen molar-refractivity contribution in [2.24, 2.45) is 5.92 Å². The van der Waals surface area contributed by atoms with Crippen LogP contribution in [0.15, 0.2) is 0 Å². The van der Waals surface area contributed by atoms with Gasteiger partial charge in [0.2, 0.25) is 0 Å². The number of rotatable bonds is 2. The van der Waals surface area contributed by atoms with E-state index in [4.69, 9.17) is 5.26 Å². The Kier molecular flexibility index (Phi) is 4.85. The summed E-state index contributed by atoms with van der Waals surface area (Å²) >= 11 is 0. The van der Waals surface area contributed by atoms with E-state index in [2.05, 4.69) is 11.0 Å². The topological polar surface area (TPSA) is 27.0 Å². The Hall–Kier alpha value is -0.550. The summed E-state index contributed by atoms with van der Waals surface area (Å²) in [7, 11) is 0. The van der Waals surface area contributed by atoms with E-state index in [0.717, 1.165) is 6.54 Å². The van der Waals surface area contributed by atoms with E-state index in [1.807, 2.05) is 6.92 Å². The molecule has 0 aromatic carbocycles. The van der Waals surface area contributed by atoms with Gasteiger partial charge in [-0.25, -0.2) is 0 Å². The molecule has 2 heteroatoms. The maximum atomic E-state index is 8.71. The van der Waals surface area contributed by atoms with Crippen LogP contribution in [0, 0.1) is 17.2 Å². The van der Waals surface area contributed by atoms with Gasteiger partial charge in [0.1, 0.15) is 0 Å². The van der Waals surface area contributed by atoms with E-state index in [1.54, 1.807) is 0 Å². The molecule has 2 nitrogen and oxygen atoms in total. The molecule has 0 aliphatic carbocycles. The first-order valence-electron chi connectivity index (χ1n) is 5.45. The minimum absolute atomic E-state index is 0.194. The summed E-state index contributed by atoms with van der Waals surface area (Å²) < 4.78 is 0. The Morgan fingerprint density at radius 2 is 1.69 bits per heavy atom. The van der Waals surface area contributed by atoms with Crippen LogP contribution in [0.5, 0.6) is 0 Å². The smallest absolute Gasteiger partial charge is 0.0666 e. The fourth-order valence-corrected chi connectivity index (χ4v) is 1.92. The zero-order chi connectivity index (χ0) is 9.52. The van der Waals surface area contributed by atoms with Crippen LogP contribution in [-0.4, -0.2) is 24.5 Å². The molecule has 0 bridgehead atoms. The Morgan fingerprint density at radius 1 is 1.15 bits per heavy atom. The SMILES string of the molecule is CC(C#N)CN1CCCCCCC1. The van der Waals surface area contributed by atoms with Crippen molar-refractivity contribution in [3.8, 4) is 6.07 Å². The van der Waals surface area contributed by atoms with Gasteiger partial charge in [0.05, 0.1) is 12.0 Å². The van der Waals surface area contributed by atoms with Crippen LogP contribution in [0.25, 0.3) is 0 Å². The van der Waals surface area contributed by atoms with E-state index in [0.29, 0.717) is 0 Å². The van der Waals surface area contributed by atoms with Crippen LogP contribution in [0.4, 0.5) is 0 Å². The molecule has 74 valence electrons. The maximum absolute atomic E-state index is 8.71. The summed E-state index contributed by atoms with van der Waals surface area (Å²) in [6.07, 6.45) is 6.78. The summed E-state index contributed by atoms with van der Waals surface area (Å²) in [6, 6.07) is 2.31. The van der Waals surface area contributed by atoms with Gasteiger partial charge in [0.15, 0.2) is 0 Å². The Labute approximate surface area is 81.5 Å². The number of hydrogen-bond donors (Lipinski definition) is 0. The summed E-state index contributed by atoms with van der Waals surface area (Å²) in [6.45, 7) is 5.38. The Morgan fingerprint density at radius 3 is 2.23 bits per heavy atom. The van der Waals surface area contributed by atoms with Gasteiger partial charge in [0, 0.05) is 6.54 Å². The molecule has 1 aliphatic rings. The van der Waals surface area contributed by atoms with E-state index in [9.17, 15) is 0 Å². The third kappa shape index (κ3) is 4.28. The normalized spacial score (nSPS) is 22.8. The van der Waals surface area contributed by atoms with E-state index >= 15 is 0 Å². The van der Waals surface area contributed by atoms with E-state index in [1.165, 1.54) is 45.2 Å². The van der Waals surface area contributed by atoms with Crippen molar-refractivity contribution in [3.05, 3.63) is 0 Å². The molecule has 0 aromatic rings. The van der Waals surface area contributed by atoms with Gasteiger partial charge < -0.3 is 4.90 Å². The molecule has 13 heavy (non-hydrogen) atoms. The maximum Gasteiger partial charge on any atom is 0.0666 e. The highest BCUT2D eigenvalue weighted by Gasteiger charge is 2.10. The molecular weight excluding hydrogens is 160 g/mol. The van der Waals surface area contributed by atoms with Crippen molar-refractivity contribution >= 4 is 0 Å². The van der Waals surface area contributed by atoms with Gasteiger partial charge in [-0.15, -0.1) is 0 Å². The summed E-state index contributed by atoms with van der Waals surface area (Å²) in [5, 5.41) is 8.71. The van der Waals surface area contributed by atoms with Gasteiger partial charge in [-0.3, -0.25) is 0 Å². The molecule has 0 spiro atoms. The first kappa shape index (κ1) is 10.5. The predicted molar refractivity (Wildman–Crippen MR) is 54.3 cm³/mol. The van der Waals surface area contributed by atoms with Crippen molar-refractivity contribution in [1.82, 2.24) is 4.90 Å². The highest BCUT2D eigenvalue weighted by Crippen LogP contribution is 2.11. The Balaban J connectivity index is 2.26. The minimum atomic E-state index is 0.194. The van der Waals surface area contributed by atoms with Crippen molar-refractivity contribution in [1.29, 1.82) is 5.26 Å². The number of nitrogens with zero attached hydrogens (tertiary/aromatic N) is 2. The monoisotopic (exact) mass is 180 g/mol. The fraction of sp³-hybridized carbons (Fsp3) is 0.909. The minimum Gasteiger partial charge on any atom is -0.302 e. The van der Waals surface area contributed by atoms with Crippen LogP contribution in [0.3, 0.4) is 0 Å². The van der Waals surface area contributed by atoms with Crippen molar-refractivity contribution < 1.29 is 0 Å². The summed E-state index contributed by atoms with van der Waals surface area (Å²) in [4.78, 5) is 2.45. The first-order valence-corrected chi connectivity index (χ1v) is 5.45. The lowest BCUT2D eigenvalue weighted by atomic mass is 10.1. The van der Waals surface area contributed by atoms with E-state index in [-0.39, 0.29) is 5.92 Å². The number of likely N-dealkylation sites (tertiary alicyclic amines) is 1. The quantitative estimate of drug-likeness (QED) is 0.652. The van der Waals surface area contributed by atoms with Gasteiger partial charge in [0.25, 0.3) is 0 Å². The third-order valence-corrected chi connectivity index (χ3v) is 2.70. The molecular formula is C11H20N2. The van der Waals surface area contributed by atoms with Crippen LogP contribution in [0.2, 0.25) is 0 Å². The van der Waals surface area contributed by atoms with Crippen molar-refractivity contribution in [2.75, 3.05) is 19.6 Å². The molecule has 1 unspecified atom stereocenters. The highest BCUT2D eigenvalue weighted by atomic mass is 15.1. The van der Waals surface area contributed by atoms with Crippen LogP contribution in [0.1, 0.15) is 39.0 Å². The second-order valence-electron chi connectivity index (χ2n) is 4.10.